The standard InChI is InChI=1S/C11H17BrN6/c1-5-18-8(6-7(2)15-18)9(13-3)10-11(12)14-16-17(10)4/h6,9,13H,5H2,1-4H3. The van der Waals surface area contributed by atoms with Crippen molar-refractivity contribution in [2.24, 2.45) is 7.05 Å². The topological polar surface area (TPSA) is 60.6 Å². The third kappa shape index (κ3) is 2.20. The van der Waals surface area contributed by atoms with Crippen LogP contribution in [0.2, 0.25) is 0 Å². The van der Waals surface area contributed by atoms with Crippen molar-refractivity contribution < 1.29 is 0 Å². The van der Waals surface area contributed by atoms with Crippen molar-refractivity contribution in [3.8, 4) is 0 Å². The molecule has 0 spiro atoms. The van der Waals surface area contributed by atoms with Crippen molar-refractivity contribution in [2.45, 2.75) is 26.4 Å². The lowest BCUT2D eigenvalue weighted by Gasteiger charge is -2.17. The van der Waals surface area contributed by atoms with Gasteiger partial charge in [0.2, 0.25) is 0 Å². The van der Waals surface area contributed by atoms with Gasteiger partial charge in [0, 0.05) is 13.6 Å². The second-order valence-electron chi connectivity index (χ2n) is 4.14. The van der Waals surface area contributed by atoms with Crippen molar-refractivity contribution in [1.82, 2.24) is 30.1 Å². The number of aryl methyl sites for hydroxylation is 3. The van der Waals surface area contributed by atoms with E-state index in [1.165, 1.54) is 0 Å². The third-order valence-corrected chi connectivity index (χ3v) is 3.48. The van der Waals surface area contributed by atoms with Crippen LogP contribution in [0.4, 0.5) is 0 Å². The fourth-order valence-electron chi connectivity index (χ4n) is 2.12. The molecule has 2 heterocycles. The van der Waals surface area contributed by atoms with E-state index < -0.39 is 0 Å². The molecule has 0 aliphatic rings. The van der Waals surface area contributed by atoms with E-state index in [1.54, 1.807) is 4.68 Å². The molecule has 2 rings (SSSR count). The van der Waals surface area contributed by atoms with Crippen LogP contribution in [0.1, 0.15) is 30.0 Å². The number of rotatable bonds is 4. The summed E-state index contributed by atoms with van der Waals surface area (Å²) < 4.78 is 4.52. The third-order valence-electron chi connectivity index (χ3n) is 2.92. The minimum Gasteiger partial charge on any atom is -0.307 e. The van der Waals surface area contributed by atoms with Gasteiger partial charge in [0.25, 0.3) is 0 Å². The molecule has 0 saturated heterocycles. The molecule has 0 radical (unpaired) electrons. The number of hydrogen-bond donors (Lipinski definition) is 1. The Labute approximate surface area is 114 Å². The Morgan fingerprint density at radius 1 is 1.50 bits per heavy atom. The van der Waals surface area contributed by atoms with Gasteiger partial charge in [-0.05, 0) is 42.9 Å². The lowest BCUT2D eigenvalue weighted by molar-refractivity contribution is 0.531. The second-order valence-corrected chi connectivity index (χ2v) is 4.89. The van der Waals surface area contributed by atoms with E-state index in [0.717, 1.165) is 28.2 Å². The molecule has 7 heteroatoms. The highest BCUT2D eigenvalue weighted by Gasteiger charge is 2.23. The zero-order valence-electron chi connectivity index (χ0n) is 11.0. The van der Waals surface area contributed by atoms with Crippen LogP contribution < -0.4 is 5.32 Å². The summed E-state index contributed by atoms with van der Waals surface area (Å²) in [6, 6.07) is 2.10. The Kier molecular flexibility index (Phi) is 3.82. The molecule has 2 aromatic heterocycles. The molecule has 0 amide bonds. The van der Waals surface area contributed by atoms with Crippen LogP contribution in [-0.4, -0.2) is 31.8 Å². The van der Waals surface area contributed by atoms with Gasteiger partial charge >= 0.3 is 0 Å². The van der Waals surface area contributed by atoms with Crippen LogP contribution in [0.25, 0.3) is 0 Å². The lowest BCUT2D eigenvalue weighted by atomic mass is 10.1. The lowest BCUT2D eigenvalue weighted by Crippen LogP contribution is -2.24. The summed E-state index contributed by atoms with van der Waals surface area (Å²) in [6.45, 7) is 4.92. The van der Waals surface area contributed by atoms with Gasteiger partial charge in [-0.3, -0.25) is 4.68 Å². The fourth-order valence-corrected chi connectivity index (χ4v) is 2.68. The van der Waals surface area contributed by atoms with Crippen LogP contribution in [0.5, 0.6) is 0 Å². The summed E-state index contributed by atoms with van der Waals surface area (Å²) in [5.74, 6) is 0. The van der Waals surface area contributed by atoms with Gasteiger partial charge in [0.15, 0.2) is 4.60 Å². The van der Waals surface area contributed by atoms with E-state index >= 15 is 0 Å². The number of hydrogen-bond acceptors (Lipinski definition) is 4. The number of halogens is 1. The highest BCUT2D eigenvalue weighted by Crippen LogP contribution is 2.26. The molecule has 2 aromatic rings. The van der Waals surface area contributed by atoms with Crippen LogP contribution in [0.15, 0.2) is 10.7 Å². The quantitative estimate of drug-likeness (QED) is 0.927. The van der Waals surface area contributed by atoms with Crippen LogP contribution in [0.3, 0.4) is 0 Å². The van der Waals surface area contributed by atoms with E-state index in [1.807, 2.05) is 25.7 Å². The van der Waals surface area contributed by atoms with E-state index in [2.05, 4.69) is 49.6 Å². The van der Waals surface area contributed by atoms with Crippen LogP contribution in [0, 0.1) is 6.92 Å². The van der Waals surface area contributed by atoms with Crippen molar-refractivity contribution in [3.63, 3.8) is 0 Å². The normalized spacial score (nSPS) is 12.9. The van der Waals surface area contributed by atoms with E-state index in [4.69, 9.17) is 0 Å². The smallest absolute Gasteiger partial charge is 0.153 e. The van der Waals surface area contributed by atoms with E-state index in [9.17, 15) is 0 Å². The van der Waals surface area contributed by atoms with Crippen molar-refractivity contribution >= 4 is 15.9 Å². The summed E-state index contributed by atoms with van der Waals surface area (Å²) in [5, 5.41) is 15.8. The molecular weight excluding hydrogens is 296 g/mol. The Morgan fingerprint density at radius 2 is 2.22 bits per heavy atom. The first kappa shape index (κ1) is 13.2. The highest BCUT2D eigenvalue weighted by atomic mass is 79.9. The zero-order valence-corrected chi connectivity index (χ0v) is 12.6. The molecule has 1 unspecified atom stereocenters. The summed E-state index contributed by atoms with van der Waals surface area (Å²) in [5.41, 5.74) is 3.12. The highest BCUT2D eigenvalue weighted by molar-refractivity contribution is 9.10. The molecule has 0 saturated carbocycles. The molecule has 0 aliphatic carbocycles. The van der Waals surface area contributed by atoms with E-state index in [0.29, 0.717) is 0 Å². The Bertz CT molecular complexity index is 524. The summed E-state index contributed by atoms with van der Waals surface area (Å²) in [4.78, 5) is 0. The summed E-state index contributed by atoms with van der Waals surface area (Å²) >= 11 is 3.45. The van der Waals surface area contributed by atoms with Gasteiger partial charge in [0.05, 0.1) is 23.1 Å². The van der Waals surface area contributed by atoms with Gasteiger partial charge in [-0.25, -0.2) is 4.68 Å². The van der Waals surface area contributed by atoms with Gasteiger partial charge in [-0.15, -0.1) is 5.10 Å². The van der Waals surface area contributed by atoms with Crippen molar-refractivity contribution in [3.05, 3.63) is 27.8 Å². The van der Waals surface area contributed by atoms with Gasteiger partial charge in [0.1, 0.15) is 0 Å². The zero-order chi connectivity index (χ0) is 13.3. The monoisotopic (exact) mass is 312 g/mol. The Balaban J connectivity index is 2.51. The summed E-state index contributed by atoms with van der Waals surface area (Å²) in [7, 11) is 3.81. The fraction of sp³-hybridized carbons (Fsp3) is 0.545. The number of nitrogens with one attached hydrogen (secondary N) is 1. The first-order chi connectivity index (χ1) is 8.58. The molecule has 98 valence electrons. The second kappa shape index (κ2) is 5.19. The predicted octanol–water partition coefficient (Wildman–Crippen LogP) is 1.41. The molecule has 0 bridgehead atoms. The average molecular weight is 313 g/mol. The molecule has 0 aliphatic heterocycles. The average Bonchev–Trinajstić information content (AvgIpc) is 2.87. The Hall–Kier alpha value is -1.21. The number of nitrogens with zero attached hydrogens (tertiary/aromatic N) is 5. The number of aromatic nitrogens is 5. The molecule has 0 aromatic carbocycles. The largest absolute Gasteiger partial charge is 0.307 e. The van der Waals surface area contributed by atoms with Gasteiger partial charge < -0.3 is 5.32 Å². The van der Waals surface area contributed by atoms with E-state index in [-0.39, 0.29) is 6.04 Å². The van der Waals surface area contributed by atoms with Crippen molar-refractivity contribution in [2.75, 3.05) is 7.05 Å². The predicted molar refractivity (Wildman–Crippen MR) is 72.2 cm³/mol. The van der Waals surface area contributed by atoms with Crippen LogP contribution >= 0.6 is 15.9 Å². The first-order valence-electron chi connectivity index (χ1n) is 5.85. The minimum atomic E-state index is 0.0144. The molecule has 18 heavy (non-hydrogen) atoms. The van der Waals surface area contributed by atoms with Gasteiger partial charge in [-0.1, -0.05) is 5.21 Å². The van der Waals surface area contributed by atoms with Crippen LogP contribution in [-0.2, 0) is 13.6 Å². The molecule has 0 fully saturated rings. The maximum Gasteiger partial charge on any atom is 0.153 e. The Morgan fingerprint density at radius 3 is 2.72 bits per heavy atom. The molecular formula is C11H17BrN6. The molecule has 1 atom stereocenters. The maximum atomic E-state index is 4.48. The van der Waals surface area contributed by atoms with Gasteiger partial charge in [-0.2, -0.15) is 5.10 Å². The van der Waals surface area contributed by atoms with Crippen molar-refractivity contribution in [1.29, 1.82) is 0 Å². The first-order valence-corrected chi connectivity index (χ1v) is 6.64. The molecule has 6 nitrogen and oxygen atoms in total. The molecule has 1 N–H and O–H groups in total. The minimum absolute atomic E-state index is 0.0144. The summed E-state index contributed by atoms with van der Waals surface area (Å²) in [6.07, 6.45) is 0. The SMILES string of the molecule is CCn1nc(C)cc1C(NC)c1c(Br)nnn1C. The maximum absolute atomic E-state index is 4.48.